The molecule has 0 spiro atoms. The Labute approximate surface area is 132 Å². The molecule has 0 saturated heterocycles. The van der Waals surface area contributed by atoms with Crippen LogP contribution in [0.2, 0.25) is 12.1 Å². The minimum absolute atomic E-state index is 0.0227. The largest absolute Gasteiger partial charge is 0.463 e. The zero-order chi connectivity index (χ0) is 15.8. The van der Waals surface area contributed by atoms with Gasteiger partial charge in [0.05, 0.1) is 6.61 Å². The Bertz CT molecular complexity index is 249. The highest BCUT2D eigenvalue weighted by Gasteiger charge is 2.09. The Morgan fingerprint density at radius 2 is 1.71 bits per heavy atom. The first kappa shape index (κ1) is 20.3. The fourth-order valence-corrected chi connectivity index (χ4v) is 3.27. The highest BCUT2D eigenvalue weighted by molar-refractivity contribution is 6.35. The molecule has 0 heterocycles. The smallest absolute Gasteiger partial charge is 0.330 e. The van der Waals surface area contributed by atoms with Gasteiger partial charge in [-0.1, -0.05) is 39.3 Å². The molecule has 0 aliphatic carbocycles. The van der Waals surface area contributed by atoms with Gasteiger partial charge in [-0.05, 0) is 25.3 Å². The molecule has 0 aromatic heterocycles. The van der Waals surface area contributed by atoms with Gasteiger partial charge in [0.25, 0.3) is 0 Å². The van der Waals surface area contributed by atoms with Crippen LogP contribution < -0.4 is 0 Å². The second-order valence-electron chi connectivity index (χ2n) is 5.10. The maximum absolute atomic E-state index is 10.9. The van der Waals surface area contributed by atoms with Crippen molar-refractivity contribution in [2.75, 3.05) is 19.8 Å². The molecule has 4 nitrogen and oxygen atoms in total. The van der Waals surface area contributed by atoms with Crippen molar-refractivity contribution in [2.45, 2.75) is 64.3 Å². The Hall–Kier alpha value is -0.653. The number of rotatable bonds is 15. The van der Waals surface area contributed by atoms with Crippen molar-refractivity contribution in [3.63, 3.8) is 0 Å². The molecule has 0 radical (unpaired) electrons. The van der Waals surface area contributed by atoms with Crippen LogP contribution in [0.25, 0.3) is 0 Å². The number of unbranched alkanes of at least 4 members (excludes halogenated alkanes) is 2. The molecule has 5 heteroatoms. The molecule has 0 N–H and O–H groups in total. The molecule has 0 aromatic carbocycles. The lowest BCUT2D eigenvalue weighted by atomic mass is 10.4. The second kappa shape index (κ2) is 15.7. The van der Waals surface area contributed by atoms with Crippen LogP contribution in [-0.4, -0.2) is 41.6 Å². The van der Waals surface area contributed by atoms with Gasteiger partial charge in [-0.3, -0.25) is 0 Å². The summed E-state index contributed by atoms with van der Waals surface area (Å²) < 4.78 is 16.6. The summed E-state index contributed by atoms with van der Waals surface area (Å²) in [5, 5.41) is 0. The lowest BCUT2D eigenvalue weighted by molar-refractivity contribution is -0.137. The number of hydrogen-bond acceptors (Lipinski definition) is 4. The summed E-state index contributed by atoms with van der Waals surface area (Å²) in [6.07, 6.45) is 6.59. The number of ether oxygens (including phenoxy) is 3. The molecule has 0 rings (SSSR count). The Balaban J connectivity index is 3.67. The van der Waals surface area contributed by atoms with Crippen LogP contribution in [0.1, 0.15) is 46.0 Å². The van der Waals surface area contributed by atoms with Crippen molar-refractivity contribution in [1.82, 2.24) is 0 Å². The Morgan fingerprint density at radius 1 is 1.10 bits per heavy atom. The molecule has 0 saturated carbocycles. The van der Waals surface area contributed by atoms with E-state index in [4.69, 9.17) is 14.2 Å². The molecule has 0 amide bonds. The third-order valence-corrected chi connectivity index (χ3v) is 4.98. The van der Waals surface area contributed by atoms with Crippen LogP contribution in [0.5, 0.6) is 0 Å². The van der Waals surface area contributed by atoms with E-state index in [9.17, 15) is 4.79 Å². The van der Waals surface area contributed by atoms with E-state index < -0.39 is 0 Å². The van der Waals surface area contributed by atoms with Crippen LogP contribution in [0.3, 0.4) is 0 Å². The van der Waals surface area contributed by atoms with Crippen molar-refractivity contribution in [3.05, 3.63) is 12.7 Å². The van der Waals surface area contributed by atoms with E-state index in [1.807, 2.05) is 0 Å². The first-order valence-electron chi connectivity index (χ1n) is 8.27. The van der Waals surface area contributed by atoms with Gasteiger partial charge in [0.2, 0.25) is 0 Å². The van der Waals surface area contributed by atoms with Gasteiger partial charge in [0.15, 0.2) is 6.29 Å². The van der Waals surface area contributed by atoms with Crippen molar-refractivity contribution >= 4 is 15.5 Å². The van der Waals surface area contributed by atoms with Crippen molar-refractivity contribution in [1.29, 1.82) is 0 Å². The number of esters is 1. The summed E-state index contributed by atoms with van der Waals surface area (Å²) >= 11 is 0. The molecule has 0 aliphatic heterocycles. The molecular weight excluding hydrogens is 284 g/mol. The van der Waals surface area contributed by atoms with E-state index in [2.05, 4.69) is 20.4 Å². The summed E-state index contributed by atoms with van der Waals surface area (Å²) in [6.45, 7) is 9.77. The average Bonchev–Trinajstić information content (AvgIpc) is 2.50. The molecule has 124 valence electrons. The van der Waals surface area contributed by atoms with E-state index in [1.165, 1.54) is 6.08 Å². The summed E-state index contributed by atoms with van der Waals surface area (Å²) in [5.74, 6) is -0.333. The summed E-state index contributed by atoms with van der Waals surface area (Å²) in [4.78, 5) is 10.9. The zero-order valence-corrected chi connectivity index (χ0v) is 15.2. The van der Waals surface area contributed by atoms with E-state index >= 15 is 0 Å². The Kier molecular flexibility index (Phi) is 15.2. The predicted octanol–water partition coefficient (Wildman–Crippen LogP) is 3.07. The van der Waals surface area contributed by atoms with E-state index in [0.29, 0.717) is 6.61 Å². The maximum Gasteiger partial charge on any atom is 0.330 e. The van der Waals surface area contributed by atoms with Crippen LogP contribution in [0.15, 0.2) is 12.7 Å². The highest BCUT2D eigenvalue weighted by Crippen LogP contribution is 2.07. The highest BCUT2D eigenvalue weighted by atomic mass is 28.2. The molecule has 0 atom stereocenters. The standard InChI is InChI=1S/C16H32O4Si/c1-4-7-10-19-16(20-11-8-5-2)14-21-13-9-12-18-15(17)6-3/h6,16H,3-5,7-14,21H2,1-2H3. The van der Waals surface area contributed by atoms with Crippen LogP contribution in [0, 0.1) is 0 Å². The number of hydrogen-bond donors (Lipinski definition) is 0. The maximum atomic E-state index is 10.9. The fourth-order valence-electron chi connectivity index (χ4n) is 1.75. The van der Waals surface area contributed by atoms with Crippen molar-refractivity contribution in [3.8, 4) is 0 Å². The Morgan fingerprint density at radius 3 is 2.24 bits per heavy atom. The fraction of sp³-hybridized carbons (Fsp3) is 0.812. The van der Waals surface area contributed by atoms with E-state index in [-0.39, 0.29) is 21.8 Å². The molecule has 0 aromatic rings. The summed E-state index contributed by atoms with van der Waals surface area (Å²) in [7, 11) is -0.223. The molecule has 21 heavy (non-hydrogen) atoms. The van der Waals surface area contributed by atoms with Gasteiger partial charge in [-0.15, -0.1) is 0 Å². The first-order chi connectivity index (χ1) is 10.2. The lowest BCUT2D eigenvalue weighted by Crippen LogP contribution is -2.20. The first-order valence-corrected chi connectivity index (χ1v) is 10.3. The third kappa shape index (κ3) is 14.1. The second-order valence-corrected chi connectivity index (χ2v) is 7.09. The van der Waals surface area contributed by atoms with Crippen LogP contribution >= 0.6 is 0 Å². The lowest BCUT2D eigenvalue weighted by Gasteiger charge is -2.18. The van der Waals surface area contributed by atoms with Gasteiger partial charge in [0.1, 0.15) is 0 Å². The van der Waals surface area contributed by atoms with Crippen LogP contribution in [-0.2, 0) is 19.0 Å². The number of carbonyl (C=O) groups excluding carboxylic acids is 1. The quantitative estimate of drug-likeness (QED) is 0.153. The zero-order valence-electron chi connectivity index (χ0n) is 13.8. The predicted molar refractivity (Wildman–Crippen MR) is 89.4 cm³/mol. The molecule has 0 unspecified atom stereocenters. The van der Waals surface area contributed by atoms with Gasteiger partial charge in [-0.25, -0.2) is 4.79 Å². The van der Waals surface area contributed by atoms with Gasteiger partial charge >= 0.3 is 5.97 Å². The van der Waals surface area contributed by atoms with E-state index in [0.717, 1.165) is 57.4 Å². The van der Waals surface area contributed by atoms with Crippen LogP contribution in [0.4, 0.5) is 0 Å². The monoisotopic (exact) mass is 316 g/mol. The molecule has 0 aliphatic rings. The van der Waals surface area contributed by atoms with E-state index in [1.54, 1.807) is 0 Å². The van der Waals surface area contributed by atoms with Gasteiger partial charge < -0.3 is 14.2 Å². The summed E-state index contributed by atoms with van der Waals surface area (Å²) in [6, 6.07) is 2.19. The molecule has 0 fully saturated rings. The number of carbonyl (C=O) groups is 1. The molecular formula is C16H32O4Si. The summed E-state index contributed by atoms with van der Waals surface area (Å²) in [5.41, 5.74) is 0. The SMILES string of the molecule is C=CC(=O)OCCC[SiH2]CC(OCCCC)OCCCC. The topological polar surface area (TPSA) is 44.8 Å². The van der Waals surface area contributed by atoms with Crippen molar-refractivity contribution < 1.29 is 19.0 Å². The minimum atomic E-state index is -0.333. The van der Waals surface area contributed by atoms with Gasteiger partial charge in [-0.2, -0.15) is 0 Å². The third-order valence-electron chi connectivity index (χ3n) is 3.10. The average molecular weight is 317 g/mol. The normalized spacial score (nSPS) is 11.4. The van der Waals surface area contributed by atoms with Crippen molar-refractivity contribution in [2.24, 2.45) is 0 Å². The minimum Gasteiger partial charge on any atom is -0.463 e. The van der Waals surface area contributed by atoms with Gasteiger partial charge in [0, 0.05) is 28.8 Å². The molecule has 0 bridgehead atoms.